The molecule has 4 N–H and O–H groups in total. The van der Waals surface area contributed by atoms with Crippen LogP contribution in [0.25, 0.3) is 0 Å². The Kier molecular flexibility index (Phi) is 4.50. The fraction of sp³-hybridized carbons (Fsp3) is 0.455. The van der Waals surface area contributed by atoms with Crippen molar-refractivity contribution in [3.8, 4) is 5.75 Å². The number of benzene rings is 1. The molecule has 0 unspecified atom stereocenters. The molecule has 96 valence electrons. The van der Waals surface area contributed by atoms with E-state index in [9.17, 15) is 8.42 Å². The molecule has 5 nitrogen and oxygen atoms in total. The number of hydrogen-bond donors (Lipinski definition) is 2. The van der Waals surface area contributed by atoms with Gasteiger partial charge in [-0.25, -0.2) is 13.6 Å². The predicted octanol–water partition coefficient (Wildman–Crippen LogP) is 0.373. The van der Waals surface area contributed by atoms with Crippen molar-refractivity contribution in [1.29, 1.82) is 0 Å². The average Bonchev–Trinajstić information content (AvgIpc) is 2.14. The number of primary sulfonamides is 1. The minimum atomic E-state index is -3.57. The quantitative estimate of drug-likeness (QED) is 0.797. The molecule has 0 radical (unpaired) electrons. The van der Waals surface area contributed by atoms with Crippen molar-refractivity contribution in [2.45, 2.75) is 25.1 Å². The second kappa shape index (κ2) is 5.48. The number of sulfonamides is 1. The van der Waals surface area contributed by atoms with Gasteiger partial charge in [-0.15, -0.1) is 0 Å². The van der Waals surface area contributed by atoms with Crippen LogP contribution >= 0.6 is 0 Å². The first-order valence-corrected chi connectivity index (χ1v) is 6.95. The molecule has 0 saturated heterocycles. The van der Waals surface area contributed by atoms with Crippen molar-refractivity contribution in [3.63, 3.8) is 0 Å². The third kappa shape index (κ3) is 4.72. The van der Waals surface area contributed by atoms with Crippen molar-refractivity contribution < 1.29 is 13.2 Å². The molecular weight excluding hydrogens is 240 g/mol. The summed E-state index contributed by atoms with van der Waals surface area (Å²) >= 11 is 0. The van der Waals surface area contributed by atoms with E-state index in [-0.39, 0.29) is 11.8 Å². The van der Waals surface area contributed by atoms with Crippen molar-refractivity contribution in [2.75, 3.05) is 7.11 Å². The molecule has 1 rings (SSSR count). The standard InChI is InChI=1S/C11H18N2O3S/c1-8(12)5-9-3-4-11(16-2)10(6-9)7-17(13,14)15/h3-4,6,8H,5,7,12H2,1-2H3,(H2,13,14,15)/t8-/m1/s1. The van der Waals surface area contributed by atoms with Gasteiger partial charge in [0.15, 0.2) is 0 Å². The highest BCUT2D eigenvalue weighted by molar-refractivity contribution is 7.88. The molecule has 0 aromatic heterocycles. The van der Waals surface area contributed by atoms with E-state index < -0.39 is 10.0 Å². The summed E-state index contributed by atoms with van der Waals surface area (Å²) in [7, 11) is -2.07. The highest BCUT2D eigenvalue weighted by Gasteiger charge is 2.11. The van der Waals surface area contributed by atoms with Crippen LogP contribution in [0.15, 0.2) is 18.2 Å². The van der Waals surface area contributed by atoms with Gasteiger partial charge in [0.05, 0.1) is 12.9 Å². The second-order valence-electron chi connectivity index (χ2n) is 4.13. The number of hydrogen-bond acceptors (Lipinski definition) is 4. The SMILES string of the molecule is COc1ccc(C[C@@H](C)N)cc1CS(N)(=O)=O. The van der Waals surface area contributed by atoms with Crippen LogP contribution in [-0.2, 0) is 22.2 Å². The maximum atomic E-state index is 11.1. The Labute approximate surface area is 102 Å². The molecule has 1 aromatic carbocycles. The van der Waals surface area contributed by atoms with Crippen LogP contribution in [0.3, 0.4) is 0 Å². The highest BCUT2D eigenvalue weighted by atomic mass is 32.2. The molecule has 0 heterocycles. The second-order valence-corrected chi connectivity index (χ2v) is 5.75. The zero-order valence-corrected chi connectivity index (χ0v) is 10.8. The topological polar surface area (TPSA) is 95.4 Å². The van der Waals surface area contributed by atoms with Gasteiger partial charge in [0.25, 0.3) is 0 Å². The molecule has 6 heteroatoms. The molecule has 1 atom stereocenters. The van der Waals surface area contributed by atoms with Gasteiger partial charge in [0.1, 0.15) is 5.75 Å². The monoisotopic (exact) mass is 258 g/mol. The van der Waals surface area contributed by atoms with E-state index in [2.05, 4.69) is 0 Å². The summed E-state index contributed by atoms with van der Waals surface area (Å²) < 4.78 is 27.3. The molecule has 0 aliphatic rings. The summed E-state index contributed by atoms with van der Waals surface area (Å²) in [6.07, 6.45) is 0.682. The van der Waals surface area contributed by atoms with Gasteiger partial charge in [-0.2, -0.15) is 0 Å². The molecule has 0 fully saturated rings. The van der Waals surface area contributed by atoms with E-state index in [1.165, 1.54) is 7.11 Å². The van der Waals surface area contributed by atoms with Gasteiger partial charge >= 0.3 is 0 Å². The maximum absolute atomic E-state index is 11.1. The van der Waals surface area contributed by atoms with E-state index in [4.69, 9.17) is 15.6 Å². The molecule has 0 saturated carbocycles. The normalized spacial score (nSPS) is 13.4. The van der Waals surface area contributed by atoms with E-state index in [0.29, 0.717) is 17.7 Å². The molecular formula is C11H18N2O3S. The summed E-state index contributed by atoms with van der Waals surface area (Å²) in [5.74, 6) is 0.288. The fourth-order valence-electron chi connectivity index (χ4n) is 1.66. The van der Waals surface area contributed by atoms with E-state index >= 15 is 0 Å². The molecule has 0 aliphatic carbocycles. The lowest BCUT2D eigenvalue weighted by atomic mass is 10.0. The van der Waals surface area contributed by atoms with Crippen molar-refractivity contribution in [2.24, 2.45) is 10.9 Å². The predicted molar refractivity (Wildman–Crippen MR) is 67.2 cm³/mol. The zero-order chi connectivity index (χ0) is 13.1. The summed E-state index contributed by atoms with van der Waals surface area (Å²) in [6, 6.07) is 5.39. The van der Waals surface area contributed by atoms with Gasteiger partial charge in [-0.05, 0) is 25.0 Å². The van der Waals surface area contributed by atoms with Crippen LogP contribution in [0, 0.1) is 0 Å². The van der Waals surface area contributed by atoms with Gasteiger partial charge in [0, 0.05) is 11.6 Å². The van der Waals surface area contributed by atoms with E-state index in [1.807, 2.05) is 13.0 Å². The molecule has 1 aromatic rings. The molecule has 0 amide bonds. The van der Waals surface area contributed by atoms with Crippen LogP contribution in [0.4, 0.5) is 0 Å². The van der Waals surface area contributed by atoms with Crippen molar-refractivity contribution >= 4 is 10.0 Å². The lowest BCUT2D eigenvalue weighted by molar-refractivity contribution is 0.410. The Morgan fingerprint density at radius 1 is 1.41 bits per heavy atom. The number of nitrogens with two attached hydrogens (primary N) is 2. The lowest BCUT2D eigenvalue weighted by Crippen LogP contribution is -2.18. The third-order valence-corrected chi connectivity index (χ3v) is 2.97. The Morgan fingerprint density at radius 2 is 2.06 bits per heavy atom. The summed E-state index contributed by atoms with van der Waals surface area (Å²) in [6.45, 7) is 1.89. The summed E-state index contributed by atoms with van der Waals surface area (Å²) in [5.41, 5.74) is 7.23. The number of ether oxygens (including phenoxy) is 1. The molecule has 0 spiro atoms. The summed E-state index contributed by atoms with van der Waals surface area (Å²) in [5, 5.41) is 5.03. The molecule has 0 bridgehead atoms. The Morgan fingerprint density at radius 3 is 2.53 bits per heavy atom. The van der Waals surface area contributed by atoms with Crippen LogP contribution in [-0.4, -0.2) is 21.6 Å². The van der Waals surface area contributed by atoms with Crippen LogP contribution in [0.1, 0.15) is 18.1 Å². The Hall–Kier alpha value is -1.11. The minimum absolute atomic E-state index is 0.0192. The van der Waals surface area contributed by atoms with Gasteiger partial charge in [-0.1, -0.05) is 12.1 Å². The van der Waals surface area contributed by atoms with Gasteiger partial charge in [-0.3, -0.25) is 0 Å². The third-order valence-electron chi connectivity index (χ3n) is 2.26. The Balaban J connectivity index is 3.06. The fourth-order valence-corrected chi connectivity index (χ4v) is 2.32. The Bertz CT molecular complexity index is 483. The first kappa shape index (κ1) is 14.0. The first-order valence-electron chi connectivity index (χ1n) is 5.23. The zero-order valence-electron chi connectivity index (χ0n) is 10.0. The van der Waals surface area contributed by atoms with Gasteiger partial charge < -0.3 is 10.5 Å². The van der Waals surface area contributed by atoms with Crippen molar-refractivity contribution in [1.82, 2.24) is 0 Å². The van der Waals surface area contributed by atoms with E-state index in [1.54, 1.807) is 12.1 Å². The minimum Gasteiger partial charge on any atom is -0.496 e. The largest absolute Gasteiger partial charge is 0.496 e. The number of methoxy groups -OCH3 is 1. The van der Waals surface area contributed by atoms with Gasteiger partial charge in [0.2, 0.25) is 10.0 Å². The molecule has 17 heavy (non-hydrogen) atoms. The highest BCUT2D eigenvalue weighted by Crippen LogP contribution is 2.22. The smallest absolute Gasteiger partial charge is 0.213 e. The first-order chi connectivity index (χ1) is 7.81. The average molecular weight is 258 g/mol. The van der Waals surface area contributed by atoms with Crippen LogP contribution in [0.2, 0.25) is 0 Å². The van der Waals surface area contributed by atoms with Crippen molar-refractivity contribution in [3.05, 3.63) is 29.3 Å². The van der Waals surface area contributed by atoms with Crippen LogP contribution < -0.4 is 15.6 Å². The van der Waals surface area contributed by atoms with Crippen LogP contribution in [0.5, 0.6) is 5.75 Å². The number of rotatable bonds is 5. The maximum Gasteiger partial charge on any atom is 0.213 e. The summed E-state index contributed by atoms with van der Waals surface area (Å²) in [4.78, 5) is 0. The molecule has 0 aliphatic heterocycles. The lowest BCUT2D eigenvalue weighted by Gasteiger charge is -2.11. The van der Waals surface area contributed by atoms with E-state index in [0.717, 1.165) is 5.56 Å².